The Morgan fingerprint density at radius 1 is 1.45 bits per heavy atom. The maximum atomic E-state index is 12.3. The molecule has 1 aromatic heterocycles. The number of piperidine rings is 1. The van der Waals surface area contributed by atoms with Gasteiger partial charge in [-0.2, -0.15) is 0 Å². The SMILES string of the molecule is CN(C)C[C@@]1(O)CCCN(C(=O)Cc2ccncc2)C1. The van der Waals surface area contributed by atoms with Crippen molar-refractivity contribution < 1.29 is 9.90 Å². The van der Waals surface area contributed by atoms with Crippen LogP contribution in [-0.2, 0) is 11.2 Å². The smallest absolute Gasteiger partial charge is 0.227 e. The summed E-state index contributed by atoms with van der Waals surface area (Å²) >= 11 is 0. The minimum atomic E-state index is -0.782. The van der Waals surface area contributed by atoms with Gasteiger partial charge in [-0.25, -0.2) is 0 Å². The van der Waals surface area contributed by atoms with E-state index in [-0.39, 0.29) is 5.91 Å². The summed E-state index contributed by atoms with van der Waals surface area (Å²) in [6, 6.07) is 3.71. The average Bonchev–Trinajstić information content (AvgIpc) is 2.38. The maximum absolute atomic E-state index is 12.3. The summed E-state index contributed by atoms with van der Waals surface area (Å²) in [6.45, 7) is 1.75. The molecule has 0 bridgehead atoms. The van der Waals surface area contributed by atoms with E-state index in [4.69, 9.17) is 0 Å². The molecular formula is C15H23N3O2. The summed E-state index contributed by atoms with van der Waals surface area (Å²) in [7, 11) is 3.88. The molecule has 1 atom stereocenters. The second-order valence-corrected chi connectivity index (χ2v) is 5.91. The molecule has 1 N–H and O–H groups in total. The van der Waals surface area contributed by atoms with Crippen LogP contribution in [0.15, 0.2) is 24.5 Å². The summed E-state index contributed by atoms with van der Waals surface area (Å²) < 4.78 is 0. The largest absolute Gasteiger partial charge is 0.387 e. The molecule has 2 heterocycles. The Kier molecular flexibility index (Phi) is 4.73. The number of rotatable bonds is 4. The van der Waals surface area contributed by atoms with E-state index in [1.54, 1.807) is 17.3 Å². The zero-order chi connectivity index (χ0) is 14.6. The predicted octanol–water partition coefficient (Wildman–Crippen LogP) is 0.539. The van der Waals surface area contributed by atoms with Gasteiger partial charge in [0.05, 0.1) is 18.6 Å². The van der Waals surface area contributed by atoms with E-state index in [1.807, 2.05) is 31.1 Å². The van der Waals surface area contributed by atoms with Crippen molar-refractivity contribution in [2.45, 2.75) is 24.9 Å². The third-order valence-electron chi connectivity index (χ3n) is 3.62. The van der Waals surface area contributed by atoms with E-state index in [9.17, 15) is 9.90 Å². The van der Waals surface area contributed by atoms with Gasteiger partial charge in [0.1, 0.15) is 0 Å². The Labute approximate surface area is 120 Å². The number of pyridine rings is 1. The van der Waals surface area contributed by atoms with Crippen molar-refractivity contribution >= 4 is 5.91 Å². The molecule has 5 heteroatoms. The van der Waals surface area contributed by atoms with E-state index in [0.29, 0.717) is 19.5 Å². The number of carbonyl (C=O) groups excluding carboxylic acids is 1. The van der Waals surface area contributed by atoms with Crippen molar-refractivity contribution in [1.82, 2.24) is 14.8 Å². The lowest BCUT2D eigenvalue weighted by Gasteiger charge is -2.40. The molecule has 1 aliphatic rings. The van der Waals surface area contributed by atoms with Crippen molar-refractivity contribution in [2.24, 2.45) is 0 Å². The monoisotopic (exact) mass is 277 g/mol. The van der Waals surface area contributed by atoms with Crippen LogP contribution in [0.4, 0.5) is 0 Å². The van der Waals surface area contributed by atoms with Crippen molar-refractivity contribution in [3.63, 3.8) is 0 Å². The number of likely N-dealkylation sites (N-methyl/N-ethyl adjacent to an activating group) is 1. The van der Waals surface area contributed by atoms with Crippen LogP contribution in [0.25, 0.3) is 0 Å². The van der Waals surface area contributed by atoms with Crippen molar-refractivity contribution in [2.75, 3.05) is 33.7 Å². The van der Waals surface area contributed by atoms with Gasteiger partial charge >= 0.3 is 0 Å². The number of carbonyl (C=O) groups is 1. The highest BCUT2D eigenvalue weighted by molar-refractivity contribution is 5.78. The Bertz CT molecular complexity index is 450. The topological polar surface area (TPSA) is 56.7 Å². The summed E-state index contributed by atoms with van der Waals surface area (Å²) in [5.74, 6) is 0.0769. The van der Waals surface area contributed by atoms with Crippen LogP contribution in [0.5, 0.6) is 0 Å². The van der Waals surface area contributed by atoms with Gasteiger partial charge in [-0.1, -0.05) is 0 Å². The maximum Gasteiger partial charge on any atom is 0.227 e. The number of aliphatic hydroxyl groups is 1. The van der Waals surface area contributed by atoms with Crippen LogP contribution >= 0.6 is 0 Å². The lowest BCUT2D eigenvalue weighted by molar-refractivity contribution is -0.138. The highest BCUT2D eigenvalue weighted by Gasteiger charge is 2.35. The van der Waals surface area contributed by atoms with Gasteiger partial charge in [0, 0.05) is 25.5 Å². The number of β-amino-alcohol motifs (C(OH)–C–C–N with tert-alkyl or cyclic N) is 1. The Hall–Kier alpha value is -1.46. The highest BCUT2D eigenvalue weighted by atomic mass is 16.3. The molecular weight excluding hydrogens is 254 g/mol. The fourth-order valence-corrected chi connectivity index (χ4v) is 2.83. The Morgan fingerprint density at radius 2 is 2.15 bits per heavy atom. The van der Waals surface area contributed by atoms with E-state index in [0.717, 1.165) is 24.9 Å². The number of amides is 1. The van der Waals surface area contributed by atoms with Crippen LogP contribution in [0, 0.1) is 0 Å². The lowest BCUT2D eigenvalue weighted by Crippen LogP contribution is -2.55. The fraction of sp³-hybridized carbons (Fsp3) is 0.600. The van der Waals surface area contributed by atoms with Gasteiger partial charge in [0.2, 0.25) is 5.91 Å². The Morgan fingerprint density at radius 3 is 2.80 bits per heavy atom. The summed E-state index contributed by atoms with van der Waals surface area (Å²) in [4.78, 5) is 20.0. The van der Waals surface area contributed by atoms with Gasteiger partial charge in [-0.05, 0) is 44.6 Å². The lowest BCUT2D eigenvalue weighted by atomic mass is 9.92. The zero-order valence-corrected chi connectivity index (χ0v) is 12.2. The summed E-state index contributed by atoms with van der Waals surface area (Å²) in [5, 5.41) is 10.6. The van der Waals surface area contributed by atoms with E-state index < -0.39 is 5.60 Å². The third-order valence-corrected chi connectivity index (χ3v) is 3.62. The first-order valence-electron chi connectivity index (χ1n) is 7.02. The zero-order valence-electron chi connectivity index (χ0n) is 12.2. The first kappa shape index (κ1) is 14.9. The molecule has 1 aromatic rings. The molecule has 20 heavy (non-hydrogen) atoms. The number of hydrogen-bond acceptors (Lipinski definition) is 4. The fourth-order valence-electron chi connectivity index (χ4n) is 2.83. The average molecular weight is 277 g/mol. The van der Waals surface area contributed by atoms with Gasteiger partial charge < -0.3 is 14.9 Å². The van der Waals surface area contributed by atoms with E-state index in [2.05, 4.69) is 4.98 Å². The molecule has 1 fully saturated rings. The molecule has 0 aromatic carbocycles. The minimum absolute atomic E-state index is 0.0769. The molecule has 1 amide bonds. The molecule has 5 nitrogen and oxygen atoms in total. The van der Waals surface area contributed by atoms with Crippen LogP contribution in [0.2, 0.25) is 0 Å². The number of hydrogen-bond donors (Lipinski definition) is 1. The molecule has 0 radical (unpaired) electrons. The molecule has 0 unspecified atom stereocenters. The molecule has 0 aliphatic carbocycles. The molecule has 2 rings (SSSR count). The quantitative estimate of drug-likeness (QED) is 0.873. The van der Waals surface area contributed by atoms with Gasteiger partial charge in [0.25, 0.3) is 0 Å². The highest BCUT2D eigenvalue weighted by Crippen LogP contribution is 2.22. The molecule has 0 spiro atoms. The third kappa shape index (κ3) is 4.02. The van der Waals surface area contributed by atoms with Crippen molar-refractivity contribution in [3.8, 4) is 0 Å². The normalized spacial score (nSPS) is 23.1. The van der Waals surface area contributed by atoms with E-state index >= 15 is 0 Å². The Balaban J connectivity index is 1.96. The summed E-state index contributed by atoms with van der Waals surface area (Å²) in [6.07, 6.45) is 5.37. The number of likely N-dealkylation sites (tertiary alicyclic amines) is 1. The van der Waals surface area contributed by atoms with Gasteiger partial charge in [0.15, 0.2) is 0 Å². The second-order valence-electron chi connectivity index (χ2n) is 5.91. The molecule has 110 valence electrons. The van der Waals surface area contributed by atoms with Crippen LogP contribution < -0.4 is 0 Å². The first-order valence-corrected chi connectivity index (χ1v) is 7.02. The van der Waals surface area contributed by atoms with Gasteiger partial charge in [-0.15, -0.1) is 0 Å². The van der Waals surface area contributed by atoms with Crippen LogP contribution in [0.1, 0.15) is 18.4 Å². The summed E-state index contributed by atoms with van der Waals surface area (Å²) in [5.41, 5.74) is 0.182. The predicted molar refractivity (Wildman–Crippen MR) is 77.3 cm³/mol. The molecule has 1 aliphatic heterocycles. The standard InChI is InChI=1S/C15H23N3O2/c1-17(2)11-15(20)6-3-9-18(12-15)14(19)10-13-4-7-16-8-5-13/h4-5,7-8,20H,3,6,9-12H2,1-2H3/t15-/m0/s1. The molecule has 0 saturated carbocycles. The second kappa shape index (κ2) is 6.33. The minimum Gasteiger partial charge on any atom is -0.387 e. The van der Waals surface area contributed by atoms with Crippen LogP contribution in [-0.4, -0.2) is 65.1 Å². The number of aromatic nitrogens is 1. The first-order chi connectivity index (χ1) is 9.48. The van der Waals surface area contributed by atoms with Crippen LogP contribution in [0.3, 0.4) is 0 Å². The van der Waals surface area contributed by atoms with E-state index in [1.165, 1.54) is 0 Å². The van der Waals surface area contributed by atoms with Crippen molar-refractivity contribution in [1.29, 1.82) is 0 Å². The molecule has 1 saturated heterocycles. The van der Waals surface area contributed by atoms with Gasteiger partial charge in [-0.3, -0.25) is 9.78 Å². The van der Waals surface area contributed by atoms with Crippen molar-refractivity contribution in [3.05, 3.63) is 30.1 Å². The number of nitrogens with zero attached hydrogens (tertiary/aromatic N) is 3.